The number of hydrogen-bond donors (Lipinski definition) is 0. The lowest BCUT2D eigenvalue weighted by molar-refractivity contribution is -0.135. The summed E-state index contributed by atoms with van der Waals surface area (Å²) < 4.78 is 0. The number of nitrogens with zero attached hydrogens (tertiary/aromatic N) is 3. The Morgan fingerprint density at radius 1 is 1.23 bits per heavy atom. The quantitative estimate of drug-likeness (QED) is 0.810. The van der Waals surface area contributed by atoms with Crippen LogP contribution in [0.2, 0.25) is 0 Å². The molecular formula is C20H31N3O2S. The third-order valence-corrected chi connectivity index (χ3v) is 6.52. The Morgan fingerprint density at radius 2 is 2.00 bits per heavy atom. The van der Waals surface area contributed by atoms with Crippen LogP contribution in [0.15, 0.2) is 12.1 Å². The SMILES string of the molecule is CCN1CC2(CC1=O)CN(Cc1ccc(C)s1)CCN(C(=O)C(C)C)C2. The van der Waals surface area contributed by atoms with Gasteiger partial charge in [0.25, 0.3) is 0 Å². The molecule has 3 heterocycles. The van der Waals surface area contributed by atoms with Crippen molar-refractivity contribution in [2.24, 2.45) is 11.3 Å². The van der Waals surface area contributed by atoms with Gasteiger partial charge in [-0.1, -0.05) is 13.8 Å². The molecule has 2 saturated heterocycles. The summed E-state index contributed by atoms with van der Waals surface area (Å²) in [6, 6.07) is 4.37. The van der Waals surface area contributed by atoms with Crippen LogP contribution in [-0.4, -0.2) is 65.8 Å². The number of carbonyl (C=O) groups is 2. The Morgan fingerprint density at radius 3 is 2.58 bits per heavy atom. The van der Waals surface area contributed by atoms with Crippen LogP contribution < -0.4 is 0 Å². The van der Waals surface area contributed by atoms with Crippen LogP contribution in [0, 0.1) is 18.3 Å². The first-order chi connectivity index (χ1) is 12.3. The van der Waals surface area contributed by atoms with Crippen molar-refractivity contribution in [2.75, 3.05) is 39.3 Å². The normalized spacial score (nSPS) is 24.7. The molecule has 0 aromatic carbocycles. The van der Waals surface area contributed by atoms with Crippen molar-refractivity contribution < 1.29 is 9.59 Å². The Balaban J connectivity index is 1.82. The van der Waals surface area contributed by atoms with Gasteiger partial charge in [0.15, 0.2) is 0 Å². The number of rotatable bonds is 4. The molecule has 1 aromatic rings. The zero-order chi connectivity index (χ0) is 18.9. The smallest absolute Gasteiger partial charge is 0.225 e. The lowest BCUT2D eigenvalue weighted by atomic mass is 9.85. The van der Waals surface area contributed by atoms with Gasteiger partial charge in [0.1, 0.15) is 0 Å². The first-order valence-corrected chi connectivity index (χ1v) is 10.5. The van der Waals surface area contributed by atoms with E-state index in [1.54, 1.807) is 0 Å². The molecule has 0 N–H and O–H groups in total. The molecule has 2 aliphatic heterocycles. The van der Waals surface area contributed by atoms with Crippen LogP contribution >= 0.6 is 11.3 Å². The van der Waals surface area contributed by atoms with Gasteiger partial charge in [-0.2, -0.15) is 0 Å². The van der Waals surface area contributed by atoms with Crippen molar-refractivity contribution in [2.45, 2.75) is 40.7 Å². The summed E-state index contributed by atoms with van der Waals surface area (Å²) in [7, 11) is 0. The van der Waals surface area contributed by atoms with Crippen molar-refractivity contribution in [3.05, 3.63) is 21.9 Å². The van der Waals surface area contributed by atoms with Gasteiger partial charge >= 0.3 is 0 Å². The summed E-state index contributed by atoms with van der Waals surface area (Å²) in [5.74, 6) is 0.441. The predicted molar refractivity (Wildman–Crippen MR) is 105 cm³/mol. The van der Waals surface area contributed by atoms with Crippen molar-refractivity contribution in [3.63, 3.8) is 0 Å². The second-order valence-corrected chi connectivity index (χ2v) is 9.59. The van der Waals surface area contributed by atoms with E-state index in [0.29, 0.717) is 13.0 Å². The van der Waals surface area contributed by atoms with Gasteiger partial charge in [-0.25, -0.2) is 0 Å². The summed E-state index contributed by atoms with van der Waals surface area (Å²) in [4.78, 5) is 34.3. The molecule has 3 rings (SSSR count). The minimum absolute atomic E-state index is 0.00192. The van der Waals surface area contributed by atoms with Gasteiger partial charge in [0.05, 0.1) is 0 Å². The van der Waals surface area contributed by atoms with Gasteiger partial charge in [0.2, 0.25) is 11.8 Å². The number of hydrogen-bond acceptors (Lipinski definition) is 4. The molecule has 5 nitrogen and oxygen atoms in total. The highest BCUT2D eigenvalue weighted by atomic mass is 32.1. The van der Waals surface area contributed by atoms with Gasteiger partial charge in [-0.15, -0.1) is 11.3 Å². The Labute approximate surface area is 161 Å². The lowest BCUT2D eigenvalue weighted by Crippen LogP contribution is -2.45. The predicted octanol–water partition coefficient (Wildman–Crippen LogP) is 2.60. The summed E-state index contributed by atoms with van der Waals surface area (Å²) in [6.07, 6.45) is 0.558. The maximum absolute atomic E-state index is 12.7. The summed E-state index contributed by atoms with van der Waals surface area (Å²) in [5.41, 5.74) is -0.138. The van der Waals surface area contributed by atoms with Crippen LogP contribution in [0.25, 0.3) is 0 Å². The van der Waals surface area contributed by atoms with Gasteiger partial charge < -0.3 is 9.80 Å². The number of amides is 2. The molecular weight excluding hydrogens is 346 g/mol. The van der Waals surface area contributed by atoms with Crippen molar-refractivity contribution >= 4 is 23.2 Å². The monoisotopic (exact) mass is 377 g/mol. The van der Waals surface area contributed by atoms with Crippen LogP contribution in [0.5, 0.6) is 0 Å². The fourth-order valence-corrected chi connectivity index (χ4v) is 5.24. The van der Waals surface area contributed by atoms with Gasteiger partial charge in [0, 0.05) is 73.3 Å². The molecule has 1 atom stereocenters. The first-order valence-electron chi connectivity index (χ1n) is 9.66. The maximum atomic E-state index is 12.7. The highest BCUT2D eigenvalue weighted by Gasteiger charge is 2.46. The van der Waals surface area contributed by atoms with E-state index in [0.717, 1.165) is 39.3 Å². The lowest BCUT2D eigenvalue weighted by Gasteiger charge is -2.34. The number of carbonyl (C=O) groups excluding carboxylic acids is 2. The van der Waals surface area contributed by atoms with E-state index in [9.17, 15) is 9.59 Å². The van der Waals surface area contributed by atoms with Gasteiger partial charge in [-0.05, 0) is 26.0 Å². The highest BCUT2D eigenvalue weighted by Crippen LogP contribution is 2.36. The largest absolute Gasteiger partial charge is 0.342 e. The minimum Gasteiger partial charge on any atom is -0.342 e. The number of likely N-dealkylation sites (tertiary alicyclic amines) is 1. The molecule has 0 aliphatic carbocycles. The van der Waals surface area contributed by atoms with Gasteiger partial charge in [-0.3, -0.25) is 14.5 Å². The molecule has 144 valence electrons. The zero-order valence-electron chi connectivity index (χ0n) is 16.5. The van der Waals surface area contributed by atoms with Crippen LogP contribution in [0.1, 0.15) is 36.9 Å². The molecule has 0 bridgehead atoms. The van der Waals surface area contributed by atoms with Crippen molar-refractivity contribution in [1.82, 2.24) is 14.7 Å². The molecule has 6 heteroatoms. The second-order valence-electron chi connectivity index (χ2n) is 8.22. The fraction of sp³-hybridized carbons (Fsp3) is 0.700. The Kier molecular flexibility index (Phi) is 5.72. The zero-order valence-corrected chi connectivity index (χ0v) is 17.3. The average molecular weight is 378 g/mol. The molecule has 2 amide bonds. The third-order valence-electron chi connectivity index (χ3n) is 5.54. The van der Waals surface area contributed by atoms with Crippen LogP contribution in [0.4, 0.5) is 0 Å². The molecule has 0 radical (unpaired) electrons. The number of aryl methyl sites for hydroxylation is 1. The van der Waals surface area contributed by atoms with Crippen molar-refractivity contribution in [3.8, 4) is 0 Å². The fourth-order valence-electron chi connectivity index (χ4n) is 4.31. The topological polar surface area (TPSA) is 43.9 Å². The highest BCUT2D eigenvalue weighted by molar-refractivity contribution is 7.11. The Bertz CT molecular complexity index is 672. The maximum Gasteiger partial charge on any atom is 0.225 e. The first kappa shape index (κ1) is 19.4. The van der Waals surface area contributed by atoms with Crippen molar-refractivity contribution in [1.29, 1.82) is 0 Å². The van der Waals surface area contributed by atoms with E-state index < -0.39 is 0 Å². The molecule has 2 fully saturated rings. The van der Waals surface area contributed by atoms with Crippen LogP contribution in [-0.2, 0) is 16.1 Å². The Hall–Kier alpha value is -1.40. The second kappa shape index (κ2) is 7.69. The summed E-state index contributed by atoms with van der Waals surface area (Å²) in [6.45, 7) is 13.7. The molecule has 0 saturated carbocycles. The average Bonchev–Trinajstić information content (AvgIpc) is 3.07. The van der Waals surface area contributed by atoms with Crippen LogP contribution in [0.3, 0.4) is 0 Å². The standard InChI is InChI=1S/C20H31N3O2S/c1-5-22-13-20(10-18(22)24)12-21(11-17-7-6-16(4)26-17)8-9-23(14-20)19(25)15(2)3/h6-7,15H,5,8-14H2,1-4H3. The van der Waals surface area contributed by atoms with E-state index in [2.05, 4.69) is 24.0 Å². The summed E-state index contributed by atoms with van der Waals surface area (Å²) in [5, 5.41) is 0. The van der Waals surface area contributed by atoms with E-state index in [1.165, 1.54) is 9.75 Å². The van der Waals surface area contributed by atoms with E-state index in [1.807, 2.05) is 41.9 Å². The molecule has 2 aliphatic rings. The van der Waals surface area contributed by atoms with E-state index in [4.69, 9.17) is 0 Å². The minimum atomic E-state index is -0.138. The molecule has 1 unspecified atom stereocenters. The van der Waals surface area contributed by atoms with E-state index in [-0.39, 0.29) is 23.1 Å². The summed E-state index contributed by atoms with van der Waals surface area (Å²) >= 11 is 1.84. The molecule has 1 aromatic heterocycles. The molecule has 1 spiro atoms. The molecule has 26 heavy (non-hydrogen) atoms. The third kappa shape index (κ3) is 4.12. The number of thiophene rings is 1. The van der Waals surface area contributed by atoms with E-state index >= 15 is 0 Å².